The Hall–Kier alpha value is -4.54. The Morgan fingerprint density at radius 1 is 0.679 bits per heavy atom. The number of unbranched alkanes of at least 4 members (excludes halogenated alkanes) is 12. The molecule has 0 fully saturated rings. The van der Waals surface area contributed by atoms with Gasteiger partial charge in [-0.3, -0.25) is 33.6 Å². The van der Waals surface area contributed by atoms with Gasteiger partial charge in [-0.1, -0.05) is 97.8 Å². The number of rotatable bonds is 30. The molecule has 17 nitrogen and oxygen atoms in total. The van der Waals surface area contributed by atoms with Gasteiger partial charge in [-0.2, -0.15) is 0 Å². The lowest BCUT2D eigenvalue weighted by Crippen LogP contribution is -2.61. The van der Waals surface area contributed by atoms with Gasteiger partial charge in [0.2, 0.25) is 41.4 Å². The van der Waals surface area contributed by atoms with Crippen LogP contribution in [0.3, 0.4) is 0 Å². The summed E-state index contributed by atoms with van der Waals surface area (Å²) < 4.78 is 0. The second kappa shape index (κ2) is 27.9. The van der Waals surface area contributed by atoms with Crippen LogP contribution in [0.4, 0.5) is 0 Å². The Morgan fingerprint density at radius 2 is 1.21 bits per heavy atom. The predicted molar refractivity (Wildman–Crippen MR) is 212 cm³/mol. The van der Waals surface area contributed by atoms with Crippen molar-refractivity contribution in [3.05, 3.63) is 18.2 Å². The number of nitrogens with one attached hydrogen (secondary N) is 7. The lowest BCUT2D eigenvalue weighted by Gasteiger charge is -2.27. The van der Waals surface area contributed by atoms with Gasteiger partial charge in [-0.25, -0.2) is 4.98 Å². The Bertz CT molecular complexity index is 1360. The van der Waals surface area contributed by atoms with Crippen LogP contribution in [-0.4, -0.2) is 99.8 Å². The van der Waals surface area contributed by atoms with Crippen molar-refractivity contribution < 1.29 is 38.7 Å². The third-order valence-corrected chi connectivity index (χ3v) is 9.48. The summed E-state index contributed by atoms with van der Waals surface area (Å²) in [7, 11) is 1.29. The molecular formula is C39H69N9O8. The maximum atomic E-state index is 13.6. The second-order valence-electron chi connectivity index (χ2n) is 14.9. The van der Waals surface area contributed by atoms with Crippen LogP contribution in [0, 0.1) is 5.92 Å². The monoisotopic (exact) mass is 792 g/mol. The van der Waals surface area contributed by atoms with E-state index in [1.807, 2.05) is 0 Å². The fourth-order valence-electron chi connectivity index (χ4n) is 6.08. The van der Waals surface area contributed by atoms with Gasteiger partial charge < -0.3 is 47.7 Å². The van der Waals surface area contributed by atoms with Crippen LogP contribution in [0.25, 0.3) is 0 Å². The number of primary amides is 1. The number of hydrogen-bond acceptors (Lipinski definition) is 9. The van der Waals surface area contributed by atoms with Gasteiger partial charge in [-0.05, 0) is 26.2 Å². The van der Waals surface area contributed by atoms with Gasteiger partial charge in [0.05, 0.1) is 18.9 Å². The van der Waals surface area contributed by atoms with E-state index in [4.69, 9.17) is 5.73 Å². The number of amides is 7. The summed E-state index contributed by atoms with van der Waals surface area (Å²) in [4.78, 5) is 96.5. The van der Waals surface area contributed by atoms with Crippen LogP contribution in [-0.2, 0) is 40.0 Å². The highest BCUT2D eigenvalue weighted by atomic mass is 16.3. The summed E-state index contributed by atoms with van der Waals surface area (Å²) in [5.41, 5.74) is 5.70. The van der Waals surface area contributed by atoms with E-state index in [-0.39, 0.29) is 24.7 Å². The highest BCUT2D eigenvalue weighted by molar-refractivity contribution is 5.97. The molecule has 0 saturated heterocycles. The van der Waals surface area contributed by atoms with Crippen LogP contribution in [0.2, 0.25) is 0 Å². The van der Waals surface area contributed by atoms with Crippen LogP contribution in [0.15, 0.2) is 12.5 Å². The summed E-state index contributed by atoms with van der Waals surface area (Å²) in [6.07, 6.45) is 16.6. The highest BCUT2D eigenvalue weighted by Gasteiger charge is 2.34. The Morgan fingerprint density at radius 3 is 1.70 bits per heavy atom. The number of aliphatic hydroxyl groups is 1. The van der Waals surface area contributed by atoms with Crippen molar-refractivity contribution >= 4 is 41.4 Å². The Balaban J connectivity index is 2.77. The largest absolute Gasteiger partial charge is 0.391 e. The number of carbonyl (C=O) groups is 7. The van der Waals surface area contributed by atoms with E-state index in [2.05, 4.69) is 48.8 Å². The van der Waals surface area contributed by atoms with Crippen LogP contribution in [0.1, 0.15) is 137 Å². The molecule has 1 aromatic rings. The molecule has 0 radical (unpaired) electrons. The Kier molecular flexibility index (Phi) is 24.7. The summed E-state index contributed by atoms with van der Waals surface area (Å²) in [5.74, 6) is -5.29. The van der Waals surface area contributed by atoms with E-state index >= 15 is 0 Å². The summed E-state index contributed by atoms with van der Waals surface area (Å²) in [6.45, 7) is 8.37. The standard InChI is InChI=1S/C39H69N9O8/c1-7-8-9-10-11-12-13-14-15-16-17-18-19-20-32(51)47-33(25(2)3)38(55)45-29(21-28-23-42-24-43-28)37(54)44-26(4)35(52)48-34(27(5)49)39(56)46-30(22-31(40)50)36(53)41-6/h23-27,29-30,33-34,49H,7-22H2,1-6H3,(H2,40,50)(H,41,53)(H,42,43)(H,44,54)(H,45,55)(H,46,56)(H,47,51)(H,48,52)/t26-,27+,29-,30-,33-,34-/m0/s1. The van der Waals surface area contributed by atoms with E-state index in [9.17, 15) is 38.7 Å². The number of aliphatic hydroxyl groups excluding tert-OH is 1. The maximum Gasteiger partial charge on any atom is 0.245 e. The van der Waals surface area contributed by atoms with Crippen LogP contribution < -0.4 is 37.6 Å². The molecule has 56 heavy (non-hydrogen) atoms. The van der Waals surface area contributed by atoms with Crippen molar-refractivity contribution in [1.29, 1.82) is 0 Å². The highest BCUT2D eigenvalue weighted by Crippen LogP contribution is 2.13. The molecule has 0 saturated carbocycles. The van der Waals surface area contributed by atoms with E-state index in [0.29, 0.717) is 12.1 Å². The summed E-state index contributed by atoms with van der Waals surface area (Å²) in [6, 6.07) is -6.32. The number of aromatic nitrogens is 2. The SMILES string of the molecule is CCCCCCCCCCCCCCCC(=O)N[C@H](C(=O)N[C@@H](Cc1cnc[nH]1)C(=O)N[C@@H](C)C(=O)N[C@H](C(=O)N[C@@H](CC(N)=O)C(=O)NC)[C@@H](C)O)C(C)C. The minimum Gasteiger partial charge on any atom is -0.391 e. The number of hydrogen-bond donors (Lipinski definition) is 9. The molecule has 1 aromatic heterocycles. The maximum absolute atomic E-state index is 13.6. The molecule has 17 heteroatoms. The van der Waals surface area contributed by atoms with Crippen molar-refractivity contribution in [2.24, 2.45) is 11.7 Å². The van der Waals surface area contributed by atoms with Crippen molar-refractivity contribution in [3.63, 3.8) is 0 Å². The van der Waals surface area contributed by atoms with Crippen molar-refractivity contribution in [1.82, 2.24) is 41.9 Å². The Labute approximate surface area is 332 Å². The van der Waals surface area contributed by atoms with Gasteiger partial charge in [0.25, 0.3) is 0 Å². The van der Waals surface area contributed by atoms with E-state index in [1.54, 1.807) is 13.8 Å². The molecule has 1 rings (SSSR count). The van der Waals surface area contributed by atoms with Crippen LogP contribution in [0.5, 0.6) is 0 Å². The molecule has 0 spiro atoms. The minimum absolute atomic E-state index is 0.0247. The lowest BCUT2D eigenvalue weighted by molar-refractivity contribution is -0.136. The molecule has 0 unspecified atom stereocenters. The van der Waals surface area contributed by atoms with Crippen LogP contribution >= 0.6 is 0 Å². The molecule has 0 aliphatic carbocycles. The average Bonchev–Trinajstić information content (AvgIpc) is 3.66. The van der Waals surface area contributed by atoms with E-state index in [0.717, 1.165) is 19.3 Å². The molecule has 0 aromatic carbocycles. The molecule has 0 aliphatic rings. The van der Waals surface area contributed by atoms with E-state index in [1.165, 1.54) is 91.2 Å². The minimum atomic E-state index is -1.57. The summed E-state index contributed by atoms with van der Waals surface area (Å²) >= 11 is 0. The number of carbonyl (C=O) groups excluding carboxylic acids is 7. The molecule has 10 N–H and O–H groups in total. The fourth-order valence-corrected chi connectivity index (χ4v) is 6.08. The first-order valence-corrected chi connectivity index (χ1v) is 20.3. The van der Waals surface area contributed by atoms with Gasteiger partial charge in [0.15, 0.2) is 0 Å². The average molecular weight is 792 g/mol. The van der Waals surface area contributed by atoms with Gasteiger partial charge >= 0.3 is 0 Å². The number of nitrogens with zero attached hydrogens (tertiary/aromatic N) is 1. The zero-order chi connectivity index (χ0) is 42.0. The first-order chi connectivity index (χ1) is 26.6. The summed E-state index contributed by atoms with van der Waals surface area (Å²) in [5, 5.41) is 25.3. The predicted octanol–water partition coefficient (Wildman–Crippen LogP) is 1.54. The normalized spacial score (nSPS) is 14.4. The fraction of sp³-hybridized carbons (Fsp3) is 0.744. The molecule has 1 heterocycles. The smallest absolute Gasteiger partial charge is 0.245 e. The second-order valence-corrected chi connectivity index (χ2v) is 14.9. The zero-order valence-corrected chi connectivity index (χ0v) is 34.3. The zero-order valence-electron chi connectivity index (χ0n) is 34.3. The number of aromatic amines is 1. The van der Waals surface area contributed by atoms with Crippen molar-refractivity contribution in [2.75, 3.05) is 7.05 Å². The van der Waals surface area contributed by atoms with Gasteiger partial charge in [0.1, 0.15) is 30.2 Å². The first kappa shape index (κ1) is 49.5. The lowest BCUT2D eigenvalue weighted by atomic mass is 10.0. The third kappa shape index (κ3) is 20.4. The topological polar surface area (TPSA) is 267 Å². The van der Waals surface area contributed by atoms with Crippen molar-refractivity contribution in [2.45, 2.75) is 174 Å². The van der Waals surface area contributed by atoms with Gasteiger partial charge in [0, 0.05) is 31.8 Å². The quantitative estimate of drug-likeness (QED) is 0.0511. The van der Waals surface area contributed by atoms with Crippen molar-refractivity contribution in [3.8, 4) is 0 Å². The number of imidazole rings is 1. The molecule has 7 amide bonds. The molecule has 0 aliphatic heterocycles. The molecule has 0 bridgehead atoms. The third-order valence-electron chi connectivity index (χ3n) is 9.48. The molecule has 6 atom stereocenters. The number of likely N-dealkylation sites (N-methyl/N-ethyl adjacent to an activating group) is 1. The van der Waals surface area contributed by atoms with E-state index < -0.39 is 78.2 Å². The molecule has 318 valence electrons. The first-order valence-electron chi connectivity index (χ1n) is 20.3. The number of nitrogens with two attached hydrogens (primary N) is 1. The molecular weight excluding hydrogens is 722 g/mol. The number of H-pyrrole nitrogens is 1. The van der Waals surface area contributed by atoms with Gasteiger partial charge in [-0.15, -0.1) is 0 Å².